The van der Waals surface area contributed by atoms with E-state index in [0.29, 0.717) is 17.9 Å². The van der Waals surface area contributed by atoms with Gasteiger partial charge in [0.25, 0.3) is 5.72 Å². The maximum absolute atomic E-state index is 13.0. The number of allylic oxidation sites excluding steroid dienone is 2. The molecule has 4 rings (SSSR count). The molecular weight excluding hydrogens is 470 g/mol. The van der Waals surface area contributed by atoms with Gasteiger partial charge in [0.05, 0.1) is 5.56 Å². The molecule has 9 nitrogen and oxygen atoms in total. The molecule has 1 aliphatic heterocycles. The predicted molar refractivity (Wildman–Crippen MR) is 140 cm³/mol. The fourth-order valence-corrected chi connectivity index (χ4v) is 3.91. The van der Waals surface area contributed by atoms with Crippen LogP contribution in [0.3, 0.4) is 0 Å². The standard InChI is InChI=1S/C28H33N5O4/c1-2-3-4-5-6-7-8-9-19-35-22-16-13-21(14-17-22)15-18-24(34)23-11-10-12-25-26(23)37-28(29,20-36-25)27-30-32-33-31-27/h8-18H,2-7,19-20,29H2,1H3,(H,30,31,32,33)/b9-8+,18-15?. The van der Waals surface area contributed by atoms with Crippen molar-refractivity contribution in [2.24, 2.45) is 5.73 Å². The zero-order chi connectivity index (χ0) is 25.9. The molecule has 1 aromatic heterocycles. The van der Waals surface area contributed by atoms with Crippen LogP contribution >= 0.6 is 0 Å². The van der Waals surface area contributed by atoms with Crippen molar-refractivity contribution < 1.29 is 19.0 Å². The highest BCUT2D eigenvalue weighted by molar-refractivity contribution is 6.09. The Morgan fingerprint density at radius 1 is 1.14 bits per heavy atom. The molecule has 0 fully saturated rings. The maximum Gasteiger partial charge on any atom is 0.254 e. The SMILES string of the molecule is CCCCCCC/C=C/COc1ccc(C=CC(=O)c2cccc3c2OC(N)(c2nnn[nH]2)CO3)cc1. The average molecular weight is 504 g/mol. The van der Waals surface area contributed by atoms with Crippen LogP contribution in [0.1, 0.15) is 67.2 Å². The maximum atomic E-state index is 13.0. The molecule has 0 spiro atoms. The minimum absolute atomic E-state index is 0.00633. The molecule has 0 bridgehead atoms. The molecule has 1 unspecified atom stereocenters. The predicted octanol–water partition coefficient (Wildman–Crippen LogP) is 4.97. The number of nitrogens with two attached hydrogens (primary N) is 1. The Labute approximate surface area is 216 Å². The summed E-state index contributed by atoms with van der Waals surface area (Å²) in [4.78, 5) is 13.0. The third-order valence-electron chi connectivity index (χ3n) is 6.01. The summed E-state index contributed by atoms with van der Waals surface area (Å²) in [6.07, 6.45) is 15.0. The van der Waals surface area contributed by atoms with E-state index in [9.17, 15) is 4.79 Å². The number of benzene rings is 2. The number of aromatic amines is 1. The molecule has 194 valence electrons. The van der Waals surface area contributed by atoms with Gasteiger partial charge in [-0.3, -0.25) is 10.5 Å². The minimum atomic E-state index is -1.43. The molecule has 9 heteroatoms. The van der Waals surface area contributed by atoms with Gasteiger partial charge in [0.1, 0.15) is 19.0 Å². The van der Waals surface area contributed by atoms with E-state index in [2.05, 4.69) is 39.7 Å². The molecule has 2 heterocycles. The number of fused-ring (bicyclic) bond motifs is 1. The number of rotatable bonds is 13. The lowest BCUT2D eigenvalue weighted by Gasteiger charge is -2.33. The summed E-state index contributed by atoms with van der Waals surface area (Å²) in [6.45, 7) is 2.76. The molecule has 2 aromatic carbocycles. The van der Waals surface area contributed by atoms with E-state index in [-0.39, 0.29) is 24.0 Å². The highest BCUT2D eigenvalue weighted by atomic mass is 16.6. The minimum Gasteiger partial charge on any atom is -0.490 e. The van der Waals surface area contributed by atoms with Gasteiger partial charge in [0.2, 0.25) is 5.82 Å². The van der Waals surface area contributed by atoms with Gasteiger partial charge in [-0.05, 0) is 59.2 Å². The van der Waals surface area contributed by atoms with E-state index >= 15 is 0 Å². The Balaban J connectivity index is 1.31. The number of carbonyl (C=O) groups excluding carboxylic acids is 1. The van der Waals surface area contributed by atoms with Crippen LogP contribution in [-0.2, 0) is 5.72 Å². The summed E-state index contributed by atoms with van der Waals surface area (Å²) < 4.78 is 17.5. The van der Waals surface area contributed by atoms with Gasteiger partial charge in [-0.2, -0.15) is 0 Å². The Bertz CT molecular complexity index is 1210. The van der Waals surface area contributed by atoms with Gasteiger partial charge in [-0.25, -0.2) is 5.10 Å². The highest BCUT2D eigenvalue weighted by Gasteiger charge is 2.40. The molecule has 3 N–H and O–H groups in total. The lowest BCUT2D eigenvalue weighted by atomic mass is 10.1. The smallest absolute Gasteiger partial charge is 0.254 e. The number of ether oxygens (including phenoxy) is 3. The largest absolute Gasteiger partial charge is 0.490 e. The van der Waals surface area contributed by atoms with Gasteiger partial charge in [-0.15, -0.1) is 5.10 Å². The number of nitrogens with one attached hydrogen (secondary N) is 1. The molecule has 0 saturated carbocycles. The first-order valence-corrected chi connectivity index (χ1v) is 12.7. The van der Waals surface area contributed by atoms with Crippen molar-refractivity contribution in [2.45, 2.75) is 51.2 Å². The number of hydrogen-bond donors (Lipinski definition) is 2. The van der Waals surface area contributed by atoms with E-state index in [1.54, 1.807) is 24.3 Å². The number of para-hydroxylation sites is 1. The number of tetrazole rings is 1. The van der Waals surface area contributed by atoms with Crippen molar-refractivity contribution >= 4 is 11.9 Å². The summed E-state index contributed by atoms with van der Waals surface area (Å²) in [6, 6.07) is 12.7. The summed E-state index contributed by atoms with van der Waals surface area (Å²) >= 11 is 0. The molecule has 0 amide bonds. The Morgan fingerprint density at radius 3 is 2.76 bits per heavy atom. The first kappa shape index (κ1) is 26.1. The normalized spacial score (nSPS) is 16.9. The summed E-state index contributed by atoms with van der Waals surface area (Å²) in [5, 5.41) is 13.5. The second-order valence-electron chi connectivity index (χ2n) is 8.91. The number of carbonyl (C=O) groups is 1. The number of nitrogens with zero attached hydrogens (tertiary/aromatic N) is 3. The molecule has 3 aromatic rings. The molecule has 0 saturated heterocycles. The van der Waals surface area contributed by atoms with Gasteiger partial charge in [0, 0.05) is 0 Å². The van der Waals surface area contributed by atoms with E-state index in [0.717, 1.165) is 17.7 Å². The second-order valence-corrected chi connectivity index (χ2v) is 8.91. The number of aromatic nitrogens is 4. The van der Waals surface area contributed by atoms with Crippen molar-refractivity contribution in [2.75, 3.05) is 13.2 Å². The van der Waals surface area contributed by atoms with Crippen molar-refractivity contribution in [1.82, 2.24) is 20.6 Å². The van der Waals surface area contributed by atoms with Crippen molar-refractivity contribution in [3.63, 3.8) is 0 Å². The molecule has 37 heavy (non-hydrogen) atoms. The molecular formula is C28H33N5O4. The van der Waals surface area contributed by atoms with Gasteiger partial charge < -0.3 is 14.2 Å². The zero-order valence-corrected chi connectivity index (χ0v) is 21.1. The Kier molecular flexibility index (Phi) is 9.04. The lowest BCUT2D eigenvalue weighted by Crippen LogP contribution is -2.51. The van der Waals surface area contributed by atoms with Crippen LogP contribution in [0.25, 0.3) is 6.08 Å². The molecule has 0 aliphatic carbocycles. The number of ketones is 1. The fraction of sp³-hybridized carbons (Fsp3) is 0.357. The Morgan fingerprint density at radius 2 is 1.97 bits per heavy atom. The van der Waals surface area contributed by atoms with Crippen molar-refractivity contribution in [3.8, 4) is 17.2 Å². The highest BCUT2D eigenvalue weighted by Crippen LogP contribution is 2.39. The van der Waals surface area contributed by atoms with Crippen LogP contribution in [0.15, 0.2) is 60.7 Å². The van der Waals surface area contributed by atoms with Gasteiger partial charge in [0.15, 0.2) is 17.3 Å². The van der Waals surface area contributed by atoms with E-state index in [4.69, 9.17) is 19.9 Å². The van der Waals surface area contributed by atoms with Crippen LogP contribution in [0.5, 0.6) is 17.2 Å². The molecule has 1 aliphatic rings. The van der Waals surface area contributed by atoms with Crippen LogP contribution in [0.2, 0.25) is 0 Å². The van der Waals surface area contributed by atoms with E-state index < -0.39 is 5.72 Å². The quantitative estimate of drug-likeness (QED) is 0.145. The fourth-order valence-electron chi connectivity index (χ4n) is 3.91. The lowest BCUT2D eigenvalue weighted by molar-refractivity contribution is -0.0154. The van der Waals surface area contributed by atoms with Crippen LogP contribution in [0.4, 0.5) is 0 Å². The zero-order valence-electron chi connectivity index (χ0n) is 21.1. The second kappa shape index (κ2) is 12.8. The number of hydrogen-bond acceptors (Lipinski definition) is 8. The van der Waals surface area contributed by atoms with Gasteiger partial charge >= 0.3 is 0 Å². The Hall–Kier alpha value is -3.98. The van der Waals surface area contributed by atoms with Gasteiger partial charge in [-0.1, -0.05) is 69.0 Å². The van der Waals surface area contributed by atoms with Crippen LogP contribution in [-0.4, -0.2) is 39.6 Å². The van der Waals surface area contributed by atoms with Crippen molar-refractivity contribution in [3.05, 3.63) is 77.6 Å². The third-order valence-corrected chi connectivity index (χ3v) is 6.01. The van der Waals surface area contributed by atoms with Crippen LogP contribution in [0, 0.1) is 0 Å². The van der Waals surface area contributed by atoms with E-state index in [1.165, 1.54) is 38.2 Å². The van der Waals surface area contributed by atoms with E-state index in [1.807, 2.05) is 24.3 Å². The first-order valence-electron chi connectivity index (χ1n) is 12.7. The van der Waals surface area contributed by atoms with Crippen LogP contribution < -0.4 is 19.9 Å². The number of unbranched alkanes of at least 4 members (excludes halogenated alkanes) is 5. The summed E-state index contributed by atoms with van der Waals surface area (Å²) in [5.41, 5.74) is 6.06. The topological polar surface area (TPSA) is 125 Å². The number of H-pyrrole nitrogens is 1. The monoisotopic (exact) mass is 503 g/mol. The molecule has 1 atom stereocenters. The average Bonchev–Trinajstić information content (AvgIpc) is 3.47. The summed E-state index contributed by atoms with van der Waals surface area (Å²) in [7, 11) is 0. The van der Waals surface area contributed by atoms with Crippen molar-refractivity contribution in [1.29, 1.82) is 0 Å². The third kappa shape index (κ3) is 7.04. The summed E-state index contributed by atoms with van der Waals surface area (Å²) in [5.74, 6) is 1.41. The molecule has 0 radical (unpaired) electrons. The first-order chi connectivity index (χ1) is 18.1.